The minimum absolute atomic E-state index is 0.0235. The molecule has 140 valence electrons. The molecule has 0 aliphatic carbocycles. The Morgan fingerprint density at radius 1 is 1.14 bits per heavy atom. The molecule has 0 atom stereocenters. The Labute approximate surface area is 162 Å². The van der Waals surface area contributed by atoms with E-state index < -0.39 is 0 Å². The second-order valence-corrected chi connectivity index (χ2v) is 6.43. The van der Waals surface area contributed by atoms with E-state index in [0.29, 0.717) is 18.6 Å². The number of ether oxygens (including phenoxy) is 1. The number of imidazole rings is 1. The maximum absolute atomic E-state index is 12.3. The lowest BCUT2D eigenvalue weighted by molar-refractivity contribution is -0.116. The van der Waals surface area contributed by atoms with Gasteiger partial charge in [0, 0.05) is 36.3 Å². The van der Waals surface area contributed by atoms with Crippen LogP contribution in [0.5, 0.6) is 5.75 Å². The van der Waals surface area contributed by atoms with Gasteiger partial charge in [-0.3, -0.25) is 9.20 Å². The number of carbonyl (C=O) groups is 1. The van der Waals surface area contributed by atoms with Crippen LogP contribution in [0.1, 0.15) is 12.0 Å². The summed E-state index contributed by atoms with van der Waals surface area (Å²) < 4.78 is 7.02. The number of fused-ring (bicyclic) bond motifs is 1. The maximum Gasteiger partial charge on any atom is 0.234 e. The van der Waals surface area contributed by atoms with E-state index in [2.05, 4.69) is 15.3 Å². The Bertz CT molecular complexity index is 1070. The highest BCUT2D eigenvalue weighted by atomic mass is 16.5. The molecule has 4 rings (SSSR count). The van der Waals surface area contributed by atoms with Gasteiger partial charge in [-0.15, -0.1) is 0 Å². The number of hydrogen-bond acceptors (Lipinski definition) is 4. The summed E-state index contributed by atoms with van der Waals surface area (Å²) in [6, 6.07) is 17.3. The first kappa shape index (κ1) is 17.7. The average Bonchev–Trinajstić information content (AvgIpc) is 3.17. The van der Waals surface area contributed by atoms with Crippen LogP contribution in [0.25, 0.3) is 17.0 Å². The predicted octanol–water partition coefficient (Wildman–Crippen LogP) is 3.98. The normalized spacial score (nSPS) is 10.8. The van der Waals surface area contributed by atoms with E-state index in [1.54, 1.807) is 13.3 Å². The van der Waals surface area contributed by atoms with E-state index in [9.17, 15) is 4.79 Å². The van der Waals surface area contributed by atoms with Crippen molar-refractivity contribution in [1.29, 1.82) is 0 Å². The fourth-order valence-corrected chi connectivity index (χ4v) is 3.00. The molecule has 0 radical (unpaired) electrons. The standard InChI is InChI=1S/C22H20N4O2/c1-28-19-9-6-16(7-10-19)8-11-21(27)24-18-5-2-4-17(14-18)20-15-26-13-3-12-23-22(26)25-20/h2-7,9-10,12-15H,8,11H2,1H3,(H,24,27). The molecule has 0 aliphatic heterocycles. The maximum atomic E-state index is 12.3. The zero-order valence-electron chi connectivity index (χ0n) is 15.5. The van der Waals surface area contributed by atoms with Crippen LogP contribution in [0.3, 0.4) is 0 Å². The number of hydrogen-bond donors (Lipinski definition) is 1. The Morgan fingerprint density at radius 3 is 2.79 bits per heavy atom. The van der Waals surface area contributed by atoms with Crippen LogP contribution in [0.2, 0.25) is 0 Å². The second kappa shape index (κ2) is 7.92. The van der Waals surface area contributed by atoms with Gasteiger partial charge >= 0.3 is 0 Å². The van der Waals surface area contributed by atoms with Crippen molar-refractivity contribution in [2.75, 3.05) is 12.4 Å². The monoisotopic (exact) mass is 372 g/mol. The molecule has 6 heteroatoms. The van der Waals surface area contributed by atoms with Crippen molar-refractivity contribution in [2.24, 2.45) is 0 Å². The SMILES string of the molecule is COc1ccc(CCC(=O)Nc2cccc(-c3cn4cccnc4n3)c2)cc1. The van der Waals surface area contributed by atoms with Gasteiger partial charge in [-0.05, 0) is 42.3 Å². The highest BCUT2D eigenvalue weighted by molar-refractivity contribution is 5.91. The minimum atomic E-state index is -0.0235. The Balaban J connectivity index is 1.41. The number of aromatic nitrogens is 3. The van der Waals surface area contributed by atoms with E-state index in [1.165, 1.54) is 0 Å². The number of rotatable bonds is 6. The molecule has 1 amide bonds. The van der Waals surface area contributed by atoms with Crippen molar-refractivity contribution in [2.45, 2.75) is 12.8 Å². The van der Waals surface area contributed by atoms with Gasteiger partial charge in [0.25, 0.3) is 0 Å². The summed E-state index contributed by atoms with van der Waals surface area (Å²) in [5.74, 6) is 1.43. The van der Waals surface area contributed by atoms with Crippen molar-refractivity contribution in [1.82, 2.24) is 14.4 Å². The van der Waals surface area contributed by atoms with Crippen molar-refractivity contribution in [3.63, 3.8) is 0 Å². The molecule has 0 saturated carbocycles. The molecule has 2 heterocycles. The number of carbonyl (C=O) groups excluding carboxylic acids is 1. The van der Waals surface area contributed by atoms with Crippen molar-refractivity contribution in [3.05, 3.63) is 78.8 Å². The molecule has 4 aromatic rings. The summed E-state index contributed by atoms with van der Waals surface area (Å²) in [5, 5.41) is 2.96. The summed E-state index contributed by atoms with van der Waals surface area (Å²) in [4.78, 5) is 21.1. The molecule has 0 unspecified atom stereocenters. The lowest BCUT2D eigenvalue weighted by Gasteiger charge is -2.07. The van der Waals surface area contributed by atoms with E-state index in [-0.39, 0.29) is 5.91 Å². The highest BCUT2D eigenvalue weighted by Crippen LogP contribution is 2.22. The number of aryl methyl sites for hydroxylation is 1. The number of methoxy groups -OCH3 is 1. The Morgan fingerprint density at radius 2 is 2.00 bits per heavy atom. The van der Waals surface area contributed by atoms with Crippen molar-refractivity contribution >= 4 is 17.4 Å². The number of amides is 1. The van der Waals surface area contributed by atoms with Crippen LogP contribution < -0.4 is 10.1 Å². The first-order valence-electron chi connectivity index (χ1n) is 9.04. The first-order chi connectivity index (χ1) is 13.7. The molecule has 0 bridgehead atoms. The molecule has 1 N–H and O–H groups in total. The largest absolute Gasteiger partial charge is 0.497 e. The fourth-order valence-electron chi connectivity index (χ4n) is 3.00. The Hall–Kier alpha value is -3.67. The molecule has 28 heavy (non-hydrogen) atoms. The minimum Gasteiger partial charge on any atom is -0.497 e. The summed E-state index contributed by atoms with van der Waals surface area (Å²) >= 11 is 0. The van der Waals surface area contributed by atoms with Gasteiger partial charge in [0.2, 0.25) is 11.7 Å². The first-order valence-corrected chi connectivity index (χ1v) is 9.04. The average molecular weight is 372 g/mol. The number of nitrogens with one attached hydrogen (secondary N) is 1. The number of benzene rings is 2. The molecular weight excluding hydrogens is 352 g/mol. The number of nitrogens with zero attached hydrogens (tertiary/aromatic N) is 3. The van der Waals surface area contributed by atoms with Crippen molar-refractivity contribution < 1.29 is 9.53 Å². The van der Waals surface area contributed by atoms with Crippen LogP contribution in [0.15, 0.2) is 73.2 Å². The van der Waals surface area contributed by atoms with E-state index in [1.807, 2.05) is 71.4 Å². The quantitative estimate of drug-likeness (QED) is 0.556. The van der Waals surface area contributed by atoms with Gasteiger partial charge in [-0.1, -0.05) is 24.3 Å². The lowest BCUT2D eigenvalue weighted by Crippen LogP contribution is -2.12. The third-order valence-electron chi connectivity index (χ3n) is 4.48. The Kier molecular flexibility index (Phi) is 5.01. The summed E-state index contributed by atoms with van der Waals surface area (Å²) in [7, 11) is 1.64. The van der Waals surface area contributed by atoms with Gasteiger partial charge in [0.15, 0.2) is 0 Å². The lowest BCUT2D eigenvalue weighted by atomic mass is 10.1. The van der Waals surface area contributed by atoms with Crippen LogP contribution in [0, 0.1) is 0 Å². The summed E-state index contributed by atoms with van der Waals surface area (Å²) in [5.41, 5.74) is 3.59. The zero-order chi connectivity index (χ0) is 19.3. The molecule has 0 fully saturated rings. The van der Waals surface area contributed by atoms with Crippen LogP contribution in [-0.2, 0) is 11.2 Å². The third kappa shape index (κ3) is 4.01. The topological polar surface area (TPSA) is 68.5 Å². The summed E-state index contributed by atoms with van der Waals surface area (Å²) in [6.07, 6.45) is 6.63. The van der Waals surface area contributed by atoms with Crippen LogP contribution in [0.4, 0.5) is 5.69 Å². The van der Waals surface area contributed by atoms with Crippen LogP contribution in [-0.4, -0.2) is 27.4 Å². The second-order valence-electron chi connectivity index (χ2n) is 6.43. The van der Waals surface area contributed by atoms with Gasteiger partial charge in [0.05, 0.1) is 12.8 Å². The van der Waals surface area contributed by atoms with E-state index in [4.69, 9.17) is 4.74 Å². The van der Waals surface area contributed by atoms with Crippen molar-refractivity contribution in [3.8, 4) is 17.0 Å². The highest BCUT2D eigenvalue weighted by Gasteiger charge is 2.08. The molecule has 0 spiro atoms. The molecule has 2 aromatic heterocycles. The van der Waals surface area contributed by atoms with Gasteiger partial charge in [-0.25, -0.2) is 9.97 Å². The molecule has 0 aliphatic rings. The van der Waals surface area contributed by atoms with Gasteiger partial charge in [0.1, 0.15) is 5.75 Å². The number of anilines is 1. The van der Waals surface area contributed by atoms with Gasteiger partial charge < -0.3 is 10.1 Å². The van der Waals surface area contributed by atoms with Crippen LogP contribution >= 0.6 is 0 Å². The molecule has 2 aromatic carbocycles. The van der Waals surface area contributed by atoms with E-state index in [0.717, 1.165) is 28.3 Å². The molecule has 0 saturated heterocycles. The predicted molar refractivity (Wildman–Crippen MR) is 108 cm³/mol. The molecular formula is C22H20N4O2. The zero-order valence-corrected chi connectivity index (χ0v) is 15.5. The smallest absolute Gasteiger partial charge is 0.234 e. The third-order valence-corrected chi connectivity index (χ3v) is 4.48. The van der Waals surface area contributed by atoms with Gasteiger partial charge in [-0.2, -0.15) is 0 Å². The fraction of sp³-hybridized carbons (Fsp3) is 0.136. The molecule has 6 nitrogen and oxygen atoms in total. The summed E-state index contributed by atoms with van der Waals surface area (Å²) in [6.45, 7) is 0. The van der Waals surface area contributed by atoms with E-state index >= 15 is 0 Å².